The number of amides is 1. The fourth-order valence-electron chi connectivity index (χ4n) is 3.45. The van der Waals surface area contributed by atoms with E-state index in [-0.39, 0.29) is 24.4 Å². The standard InChI is InChI=1S/C22H23N3O2S/c1-15-6-8-16(9-7-15)14-25(17-10-11-17)20(26)12-13-24-21(27)18-4-2-3-5-19(18)23-22(24)28/h2-9,17H,10-14H2,1H3,(H,23,28). The van der Waals surface area contributed by atoms with Crippen molar-refractivity contribution in [3.8, 4) is 0 Å². The van der Waals surface area contributed by atoms with Crippen molar-refractivity contribution in [2.75, 3.05) is 0 Å². The molecule has 0 spiro atoms. The van der Waals surface area contributed by atoms with E-state index >= 15 is 0 Å². The maximum atomic E-state index is 12.9. The van der Waals surface area contributed by atoms with Crippen LogP contribution < -0.4 is 5.56 Å². The highest BCUT2D eigenvalue weighted by Crippen LogP contribution is 2.29. The zero-order chi connectivity index (χ0) is 19.7. The number of carbonyl (C=O) groups excluding carboxylic acids is 1. The highest BCUT2D eigenvalue weighted by molar-refractivity contribution is 7.71. The Morgan fingerprint density at radius 2 is 1.89 bits per heavy atom. The second kappa shape index (κ2) is 7.72. The van der Waals surface area contributed by atoms with Gasteiger partial charge in [0.05, 0.1) is 10.9 Å². The van der Waals surface area contributed by atoms with Crippen molar-refractivity contribution < 1.29 is 4.79 Å². The summed E-state index contributed by atoms with van der Waals surface area (Å²) >= 11 is 5.35. The lowest BCUT2D eigenvalue weighted by molar-refractivity contribution is -0.132. The fourth-order valence-corrected chi connectivity index (χ4v) is 3.73. The molecule has 4 rings (SSSR count). The Morgan fingerprint density at radius 3 is 2.61 bits per heavy atom. The molecule has 1 aliphatic carbocycles. The molecule has 0 radical (unpaired) electrons. The van der Waals surface area contributed by atoms with Crippen LogP contribution >= 0.6 is 12.2 Å². The molecule has 6 heteroatoms. The number of nitrogens with zero attached hydrogens (tertiary/aromatic N) is 2. The molecule has 1 saturated carbocycles. The Morgan fingerprint density at radius 1 is 1.18 bits per heavy atom. The van der Waals surface area contributed by atoms with Crippen LogP contribution in [0.3, 0.4) is 0 Å². The van der Waals surface area contributed by atoms with Crippen LogP contribution in [0.5, 0.6) is 0 Å². The lowest BCUT2D eigenvalue weighted by Crippen LogP contribution is -2.34. The molecule has 144 valence electrons. The van der Waals surface area contributed by atoms with E-state index in [0.29, 0.717) is 22.7 Å². The van der Waals surface area contributed by atoms with Gasteiger partial charge in [0.15, 0.2) is 4.77 Å². The molecular formula is C22H23N3O2S. The van der Waals surface area contributed by atoms with Gasteiger partial charge in [-0.05, 0) is 49.7 Å². The molecule has 1 fully saturated rings. The van der Waals surface area contributed by atoms with Gasteiger partial charge in [0.2, 0.25) is 5.91 Å². The fraction of sp³-hybridized carbons (Fsp3) is 0.318. The minimum Gasteiger partial charge on any atom is -0.335 e. The molecule has 2 aromatic carbocycles. The number of hydrogen-bond donors (Lipinski definition) is 1. The first kappa shape index (κ1) is 18.6. The number of hydrogen-bond acceptors (Lipinski definition) is 3. The SMILES string of the molecule is Cc1ccc(CN(C(=O)CCn2c(=S)[nH]c3ccccc3c2=O)C2CC2)cc1. The van der Waals surface area contributed by atoms with Crippen LogP contribution in [0.15, 0.2) is 53.3 Å². The third kappa shape index (κ3) is 3.92. The third-order valence-electron chi connectivity index (χ3n) is 5.22. The minimum atomic E-state index is -0.149. The molecule has 1 N–H and O–H groups in total. The maximum absolute atomic E-state index is 12.9. The summed E-state index contributed by atoms with van der Waals surface area (Å²) in [6.07, 6.45) is 2.36. The van der Waals surface area contributed by atoms with Crippen molar-refractivity contribution in [2.24, 2.45) is 0 Å². The first-order valence-electron chi connectivity index (χ1n) is 9.60. The molecule has 0 atom stereocenters. The average molecular weight is 394 g/mol. The summed E-state index contributed by atoms with van der Waals surface area (Å²) in [5.74, 6) is 0.0672. The zero-order valence-electron chi connectivity index (χ0n) is 15.9. The summed E-state index contributed by atoms with van der Waals surface area (Å²) in [5, 5.41) is 0.585. The number of aryl methyl sites for hydroxylation is 1. The number of fused-ring (bicyclic) bond motifs is 1. The maximum Gasteiger partial charge on any atom is 0.262 e. The van der Waals surface area contributed by atoms with Gasteiger partial charge in [-0.15, -0.1) is 0 Å². The predicted molar refractivity (Wildman–Crippen MR) is 113 cm³/mol. The highest BCUT2D eigenvalue weighted by atomic mass is 32.1. The summed E-state index contributed by atoms with van der Waals surface area (Å²) in [7, 11) is 0. The summed E-state index contributed by atoms with van der Waals surface area (Å²) in [5.41, 5.74) is 2.91. The van der Waals surface area contributed by atoms with E-state index in [1.165, 1.54) is 10.1 Å². The molecule has 1 amide bonds. The topological polar surface area (TPSA) is 58.1 Å². The first-order valence-corrected chi connectivity index (χ1v) is 10.0. The van der Waals surface area contributed by atoms with E-state index in [4.69, 9.17) is 12.2 Å². The van der Waals surface area contributed by atoms with E-state index in [9.17, 15) is 9.59 Å². The largest absolute Gasteiger partial charge is 0.335 e. The Labute approximate surface area is 168 Å². The molecule has 0 unspecified atom stereocenters. The molecule has 0 bridgehead atoms. The minimum absolute atomic E-state index is 0.0672. The van der Waals surface area contributed by atoms with Gasteiger partial charge in [-0.3, -0.25) is 14.2 Å². The highest BCUT2D eigenvalue weighted by Gasteiger charge is 2.32. The number of aromatic nitrogens is 2. The molecule has 0 aliphatic heterocycles. The number of carbonyl (C=O) groups is 1. The Balaban J connectivity index is 1.51. The Bertz CT molecular complexity index is 1130. The van der Waals surface area contributed by atoms with Crippen molar-refractivity contribution in [3.63, 3.8) is 0 Å². The first-order chi connectivity index (χ1) is 13.5. The van der Waals surface area contributed by atoms with Crippen LogP contribution in [0, 0.1) is 11.7 Å². The van der Waals surface area contributed by atoms with Crippen molar-refractivity contribution in [1.29, 1.82) is 0 Å². The van der Waals surface area contributed by atoms with Gasteiger partial charge in [0.1, 0.15) is 0 Å². The summed E-state index contributed by atoms with van der Waals surface area (Å²) in [4.78, 5) is 30.7. The summed E-state index contributed by atoms with van der Waals surface area (Å²) in [6.45, 7) is 2.95. The lowest BCUT2D eigenvalue weighted by atomic mass is 10.1. The zero-order valence-corrected chi connectivity index (χ0v) is 16.7. The van der Waals surface area contributed by atoms with Crippen molar-refractivity contribution in [3.05, 3.63) is 74.8 Å². The molecule has 5 nitrogen and oxygen atoms in total. The third-order valence-corrected chi connectivity index (χ3v) is 5.54. The second-order valence-electron chi connectivity index (χ2n) is 7.42. The smallest absolute Gasteiger partial charge is 0.262 e. The van der Waals surface area contributed by atoms with E-state index in [2.05, 4.69) is 36.2 Å². The summed E-state index contributed by atoms with van der Waals surface area (Å²) < 4.78 is 1.85. The monoisotopic (exact) mass is 393 g/mol. The molecule has 1 aromatic heterocycles. The van der Waals surface area contributed by atoms with Crippen LogP contribution in [0.4, 0.5) is 0 Å². The molecule has 1 heterocycles. The normalized spacial score (nSPS) is 13.6. The average Bonchev–Trinajstić information content (AvgIpc) is 3.52. The Hall–Kier alpha value is -2.73. The van der Waals surface area contributed by atoms with Crippen molar-refractivity contribution in [1.82, 2.24) is 14.5 Å². The summed E-state index contributed by atoms with van der Waals surface area (Å²) in [6, 6.07) is 15.9. The molecular weight excluding hydrogens is 370 g/mol. The molecule has 0 saturated heterocycles. The molecule has 28 heavy (non-hydrogen) atoms. The van der Waals surface area contributed by atoms with Crippen LogP contribution in [-0.2, 0) is 17.9 Å². The van der Waals surface area contributed by atoms with Crippen LogP contribution in [0.2, 0.25) is 0 Å². The van der Waals surface area contributed by atoms with Gasteiger partial charge in [-0.2, -0.15) is 0 Å². The quantitative estimate of drug-likeness (QED) is 0.645. The lowest BCUT2D eigenvalue weighted by Gasteiger charge is -2.23. The number of aromatic amines is 1. The van der Waals surface area contributed by atoms with E-state index in [1.807, 2.05) is 23.1 Å². The number of H-pyrrole nitrogens is 1. The number of rotatable bonds is 6. The van der Waals surface area contributed by atoms with Crippen LogP contribution in [0.1, 0.15) is 30.4 Å². The van der Waals surface area contributed by atoms with Gasteiger partial charge in [0.25, 0.3) is 5.56 Å². The van der Waals surface area contributed by atoms with E-state index in [1.54, 1.807) is 6.07 Å². The van der Waals surface area contributed by atoms with Crippen molar-refractivity contribution in [2.45, 2.75) is 45.3 Å². The number of para-hydroxylation sites is 1. The van der Waals surface area contributed by atoms with Crippen LogP contribution in [0.25, 0.3) is 10.9 Å². The predicted octanol–water partition coefficient (Wildman–Crippen LogP) is 3.95. The van der Waals surface area contributed by atoms with Crippen molar-refractivity contribution >= 4 is 29.0 Å². The second-order valence-corrected chi connectivity index (χ2v) is 7.81. The molecule has 3 aromatic rings. The number of nitrogens with one attached hydrogen (secondary N) is 1. The van der Waals surface area contributed by atoms with Gasteiger partial charge >= 0.3 is 0 Å². The van der Waals surface area contributed by atoms with Gasteiger partial charge in [-0.25, -0.2) is 0 Å². The van der Waals surface area contributed by atoms with E-state index < -0.39 is 0 Å². The van der Waals surface area contributed by atoms with Gasteiger partial charge in [0, 0.05) is 25.6 Å². The Kier molecular flexibility index (Phi) is 5.13. The molecule has 1 aliphatic rings. The van der Waals surface area contributed by atoms with Gasteiger partial charge < -0.3 is 9.88 Å². The van der Waals surface area contributed by atoms with Gasteiger partial charge in [-0.1, -0.05) is 42.0 Å². The van der Waals surface area contributed by atoms with Crippen LogP contribution in [-0.4, -0.2) is 26.4 Å². The number of benzene rings is 2. The van der Waals surface area contributed by atoms with E-state index in [0.717, 1.165) is 23.9 Å².